The third kappa shape index (κ3) is 4.40. The molecule has 39 heavy (non-hydrogen) atoms. The molecule has 1 spiro atoms. The number of hydrogen-bond donors (Lipinski definition) is 2. The Morgan fingerprint density at radius 1 is 1.28 bits per heavy atom. The molecule has 0 saturated carbocycles. The van der Waals surface area contributed by atoms with Gasteiger partial charge in [0.2, 0.25) is 11.8 Å². The molecule has 9 nitrogen and oxygen atoms in total. The lowest BCUT2D eigenvalue weighted by Crippen LogP contribution is -2.53. The van der Waals surface area contributed by atoms with Crippen LogP contribution in [0.25, 0.3) is 10.9 Å². The summed E-state index contributed by atoms with van der Waals surface area (Å²) in [6.45, 7) is 2.05. The van der Waals surface area contributed by atoms with Gasteiger partial charge < -0.3 is 24.8 Å². The van der Waals surface area contributed by atoms with Crippen molar-refractivity contribution in [2.45, 2.75) is 37.3 Å². The maximum Gasteiger partial charge on any atom is 0.270 e. The molecule has 1 saturated heterocycles. The number of amides is 3. The molecule has 202 valence electrons. The molecule has 2 aliphatic heterocycles. The van der Waals surface area contributed by atoms with Crippen molar-refractivity contribution in [3.63, 3.8) is 0 Å². The fourth-order valence-electron chi connectivity index (χ4n) is 5.47. The van der Waals surface area contributed by atoms with Crippen molar-refractivity contribution in [3.8, 4) is 6.07 Å². The number of aromatic nitrogens is 1. The van der Waals surface area contributed by atoms with Crippen LogP contribution in [0.2, 0.25) is 0 Å². The summed E-state index contributed by atoms with van der Waals surface area (Å²) in [5.41, 5.74) is 0.352. The van der Waals surface area contributed by atoms with E-state index in [2.05, 4.69) is 16.4 Å². The molecule has 0 aliphatic carbocycles. The van der Waals surface area contributed by atoms with E-state index in [1.54, 1.807) is 18.2 Å². The summed E-state index contributed by atoms with van der Waals surface area (Å²) in [4.78, 5) is 45.8. The van der Waals surface area contributed by atoms with Gasteiger partial charge in [0, 0.05) is 43.8 Å². The van der Waals surface area contributed by atoms with Gasteiger partial charge in [0.1, 0.15) is 29.4 Å². The van der Waals surface area contributed by atoms with Gasteiger partial charge in [0.05, 0.1) is 23.6 Å². The molecule has 3 atom stereocenters. The Morgan fingerprint density at radius 2 is 2.05 bits per heavy atom. The summed E-state index contributed by atoms with van der Waals surface area (Å²) in [5.74, 6) is -3.09. The van der Waals surface area contributed by atoms with E-state index in [9.17, 15) is 28.4 Å². The van der Waals surface area contributed by atoms with Gasteiger partial charge in [0.15, 0.2) is 0 Å². The Bertz CT molecular complexity index is 1520. The van der Waals surface area contributed by atoms with Crippen LogP contribution in [0.3, 0.4) is 0 Å². The smallest absolute Gasteiger partial charge is 0.270 e. The van der Waals surface area contributed by atoms with Crippen molar-refractivity contribution in [1.82, 2.24) is 14.8 Å². The van der Waals surface area contributed by atoms with Crippen LogP contribution < -0.4 is 5.32 Å². The second kappa shape index (κ2) is 10.1. The molecule has 2 aliphatic rings. The zero-order valence-corrected chi connectivity index (χ0v) is 21.5. The Kier molecular flexibility index (Phi) is 6.82. The average molecular weight is 536 g/mol. The minimum absolute atomic E-state index is 0.0317. The summed E-state index contributed by atoms with van der Waals surface area (Å²) in [7, 11) is 1.41. The number of para-hydroxylation sites is 1. The number of nitriles is 1. The quantitative estimate of drug-likeness (QED) is 0.450. The molecular formula is C28H27F2N5O4. The van der Waals surface area contributed by atoms with Gasteiger partial charge >= 0.3 is 0 Å². The monoisotopic (exact) mass is 535 g/mol. The third-order valence-corrected chi connectivity index (χ3v) is 7.50. The highest BCUT2D eigenvalue weighted by atomic mass is 19.1. The van der Waals surface area contributed by atoms with Gasteiger partial charge in [-0.15, -0.1) is 0 Å². The van der Waals surface area contributed by atoms with Crippen LogP contribution in [0.1, 0.15) is 35.8 Å². The van der Waals surface area contributed by atoms with Crippen LogP contribution in [0.15, 0.2) is 42.5 Å². The Balaban J connectivity index is 1.45. The van der Waals surface area contributed by atoms with E-state index in [1.807, 2.05) is 13.0 Å². The van der Waals surface area contributed by atoms with Crippen LogP contribution in [0.4, 0.5) is 14.5 Å². The van der Waals surface area contributed by atoms with Crippen LogP contribution in [-0.4, -0.2) is 71.4 Å². The SMILES string of the molecule is CCCOC[C@@H](C(=O)N1C[C@]2(C[C@H]1C#N)C(=O)Nc1ccccc12)N(C)C(=O)c1cc2c(F)cc(F)cc2[nH]1. The maximum atomic E-state index is 14.3. The molecule has 0 unspecified atom stereocenters. The van der Waals surface area contributed by atoms with Crippen LogP contribution in [0, 0.1) is 23.0 Å². The number of halogens is 2. The number of hydrogen-bond acceptors (Lipinski definition) is 5. The molecule has 1 fully saturated rings. The topological polar surface area (TPSA) is 119 Å². The van der Waals surface area contributed by atoms with Crippen molar-refractivity contribution in [1.29, 1.82) is 5.26 Å². The summed E-state index contributed by atoms with van der Waals surface area (Å²) in [5, 5.41) is 12.8. The highest BCUT2D eigenvalue weighted by molar-refractivity contribution is 6.07. The minimum Gasteiger partial charge on any atom is -0.379 e. The van der Waals surface area contributed by atoms with Gasteiger partial charge in [-0.1, -0.05) is 25.1 Å². The van der Waals surface area contributed by atoms with Crippen molar-refractivity contribution >= 4 is 34.3 Å². The van der Waals surface area contributed by atoms with Crippen molar-refractivity contribution in [3.05, 3.63) is 65.4 Å². The summed E-state index contributed by atoms with van der Waals surface area (Å²) >= 11 is 0. The minimum atomic E-state index is -1.14. The second-order valence-corrected chi connectivity index (χ2v) is 9.94. The number of H-pyrrole nitrogens is 1. The first kappa shape index (κ1) is 26.3. The first-order valence-electron chi connectivity index (χ1n) is 12.6. The summed E-state index contributed by atoms with van der Waals surface area (Å²) in [6.07, 6.45) is 0.793. The molecule has 2 N–H and O–H groups in total. The number of anilines is 1. The van der Waals surface area contributed by atoms with Gasteiger partial charge in [-0.3, -0.25) is 14.4 Å². The number of nitrogens with one attached hydrogen (secondary N) is 2. The van der Waals surface area contributed by atoms with E-state index < -0.39 is 40.9 Å². The van der Waals surface area contributed by atoms with Crippen molar-refractivity contribution in [2.75, 3.05) is 32.1 Å². The predicted molar refractivity (Wildman–Crippen MR) is 138 cm³/mol. The Morgan fingerprint density at radius 3 is 2.79 bits per heavy atom. The third-order valence-electron chi connectivity index (χ3n) is 7.50. The van der Waals surface area contributed by atoms with Gasteiger partial charge in [-0.05, 0) is 30.2 Å². The lowest BCUT2D eigenvalue weighted by Gasteiger charge is -2.32. The highest BCUT2D eigenvalue weighted by Crippen LogP contribution is 2.46. The Labute approximate surface area is 223 Å². The Hall–Kier alpha value is -4.30. The van der Waals surface area contributed by atoms with Crippen LogP contribution >= 0.6 is 0 Å². The molecule has 0 radical (unpaired) electrons. The number of rotatable bonds is 7. The fourth-order valence-corrected chi connectivity index (χ4v) is 5.47. The summed E-state index contributed by atoms with van der Waals surface area (Å²) < 4.78 is 33.6. The predicted octanol–water partition coefficient (Wildman–Crippen LogP) is 3.33. The van der Waals surface area contributed by atoms with E-state index in [-0.39, 0.29) is 42.1 Å². The number of fused-ring (bicyclic) bond motifs is 3. The van der Waals surface area contributed by atoms with Gasteiger partial charge in [-0.25, -0.2) is 8.78 Å². The molecule has 3 heterocycles. The molecule has 2 aromatic carbocycles. The maximum absolute atomic E-state index is 14.3. The zero-order valence-electron chi connectivity index (χ0n) is 21.5. The van der Waals surface area contributed by atoms with E-state index in [0.29, 0.717) is 18.7 Å². The molecule has 5 rings (SSSR count). The number of likely N-dealkylation sites (tertiary alicyclic amines) is 1. The number of carbonyl (C=O) groups is 3. The van der Waals surface area contributed by atoms with E-state index >= 15 is 0 Å². The second-order valence-electron chi connectivity index (χ2n) is 9.94. The number of likely N-dealkylation sites (N-methyl/N-ethyl adjacent to an activating group) is 1. The molecule has 3 amide bonds. The molecular weight excluding hydrogens is 508 g/mol. The van der Waals surface area contributed by atoms with Gasteiger partial charge in [0.25, 0.3) is 5.91 Å². The van der Waals surface area contributed by atoms with Crippen molar-refractivity contribution in [2.24, 2.45) is 0 Å². The van der Waals surface area contributed by atoms with E-state index in [1.165, 1.54) is 22.9 Å². The lowest BCUT2D eigenvalue weighted by atomic mass is 9.80. The van der Waals surface area contributed by atoms with Gasteiger partial charge in [-0.2, -0.15) is 5.26 Å². The lowest BCUT2D eigenvalue weighted by molar-refractivity contribution is -0.138. The first-order valence-corrected chi connectivity index (χ1v) is 12.6. The molecule has 3 aromatic rings. The van der Waals surface area contributed by atoms with E-state index in [0.717, 1.165) is 17.7 Å². The zero-order chi connectivity index (χ0) is 27.9. The molecule has 11 heteroatoms. The van der Waals surface area contributed by atoms with Crippen LogP contribution in [-0.2, 0) is 19.7 Å². The molecule has 0 bridgehead atoms. The standard InChI is InChI=1S/C28H27F2N5O4/c1-3-8-39-14-24(34(2)25(36)23-11-18-20(30)9-16(29)10-22(18)32-23)26(37)35-15-28(12-17(35)13-31)19-6-4-5-7-21(19)33-27(28)38/h4-7,9-11,17,24,32H,3,8,12,14-15H2,1-2H3,(H,33,38)/t17-,24-,28-/m0/s1. The number of benzene rings is 2. The average Bonchev–Trinajstić information content (AvgIpc) is 3.60. The summed E-state index contributed by atoms with van der Waals surface area (Å²) in [6, 6.07) is 10.4. The first-order chi connectivity index (χ1) is 18.7. The largest absolute Gasteiger partial charge is 0.379 e. The number of carbonyl (C=O) groups excluding carboxylic acids is 3. The number of nitrogens with zero attached hydrogens (tertiary/aromatic N) is 3. The highest BCUT2D eigenvalue weighted by Gasteiger charge is 2.56. The molecule has 1 aromatic heterocycles. The van der Waals surface area contributed by atoms with E-state index in [4.69, 9.17) is 4.74 Å². The number of ether oxygens (including phenoxy) is 1. The normalized spacial score (nSPS) is 20.6. The van der Waals surface area contributed by atoms with Crippen molar-refractivity contribution < 1.29 is 27.9 Å². The fraction of sp³-hybridized carbons (Fsp3) is 0.357. The van der Waals surface area contributed by atoms with Crippen LogP contribution in [0.5, 0.6) is 0 Å². The number of aromatic amines is 1.